The first kappa shape index (κ1) is 20.4. The van der Waals surface area contributed by atoms with Gasteiger partial charge in [0.1, 0.15) is 5.82 Å². The Morgan fingerprint density at radius 1 is 1.07 bits per heavy atom. The molecule has 0 atom stereocenters. The number of amides is 1. The number of nitrogens with zero attached hydrogens (tertiary/aromatic N) is 2. The first-order chi connectivity index (χ1) is 13.4. The Morgan fingerprint density at radius 3 is 2.39 bits per heavy atom. The molecule has 6 nitrogen and oxygen atoms in total. The predicted molar refractivity (Wildman–Crippen MR) is 106 cm³/mol. The van der Waals surface area contributed by atoms with Gasteiger partial charge in [-0.2, -0.15) is 4.31 Å². The third-order valence-corrected chi connectivity index (χ3v) is 6.68. The van der Waals surface area contributed by atoms with Crippen molar-refractivity contribution in [1.29, 1.82) is 0 Å². The van der Waals surface area contributed by atoms with Crippen molar-refractivity contribution in [1.82, 2.24) is 9.21 Å². The molecule has 0 aliphatic carbocycles. The third kappa shape index (κ3) is 4.95. The average Bonchev–Trinajstić information content (AvgIpc) is 2.69. The van der Waals surface area contributed by atoms with E-state index >= 15 is 0 Å². The van der Waals surface area contributed by atoms with Crippen LogP contribution in [0.4, 0.5) is 10.1 Å². The quantitative estimate of drug-likeness (QED) is 0.801. The van der Waals surface area contributed by atoms with Crippen LogP contribution >= 0.6 is 0 Å². The SMILES string of the molecule is CCc1cccc(NC(=O)CN2CCN(S(=O)(=O)c3ccc(F)cc3)CC2)c1. The predicted octanol–water partition coefficient (Wildman–Crippen LogP) is 2.33. The Morgan fingerprint density at radius 2 is 1.75 bits per heavy atom. The lowest BCUT2D eigenvalue weighted by molar-refractivity contribution is -0.117. The van der Waals surface area contributed by atoms with Crippen LogP contribution in [0.1, 0.15) is 12.5 Å². The number of anilines is 1. The Hall–Kier alpha value is -2.29. The van der Waals surface area contributed by atoms with Crippen LogP contribution in [0.5, 0.6) is 0 Å². The number of carbonyl (C=O) groups excluding carboxylic acids is 1. The molecule has 1 saturated heterocycles. The zero-order valence-corrected chi connectivity index (χ0v) is 16.6. The maximum absolute atomic E-state index is 13.0. The minimum atomic E-state index is -3.65. The van der Waals surface area contributed by atoms with Gasteiger partial charge in [-0.15, -0.1) is 0 Å². The van der Waals surface area contributed by atoms with Crippen molar-refractivity contribution in [2.45, 2.75) is 18.2 Å². The summed E-state index contributed by atoms with van der Waals surface area (Å²) in [5, 5.41) is 2.89. The molecule has 2 aromatic rings. The molecule has 28 heavy (non-hydrogen) atoms. The molecule has 8 heteroatoms. The number of carbonyl (C=O) groups is 1. The van der Waals surface area contributed by atoms with Gasteiger partial charge in [-0.3, -0.25) is 9.69 Å². The molecule has 1 N–H and O–H groups in total. The molecular weight excluding hydrogens is 381 g/mol. The molecule has 1 aliphatic rings. The van der Waals surface area contributed by atoms with Crippen molar-refractivity contribution in [2.24, 2.45) is 0 Å². The highest BCUT2D eigenvalue weighted by molar-refractivity contribution is 7.89. The Bertz CT molecular complexity index is 924. The molecule has 0 saturated carbocycles. The highest BCUT2D eigenvalue weighted by atomic mass is 32.2. The van der Waals surface area contributed by atoms with E-state index < -0.39 is 15.8 Å². The van der Waals surface area contributed by atoms with E-state index in [0.717, 1.165) is 29.8 Å². The van der Waals surface area contributed by atoms with Crippen molar-refractivity contribution in [3.05, 3.63) is 59.9 Å². The zero-order chi connectivity index (χ0) is 20.1. The van der Waals surface area contributed by atoms with Gasteiger partial charge in [0.15, 0.2) is 0 Å². The normalized spacial score (nSPS) is 16.1. The average molecular weight is 405 g/mol. The largest absolute Gasteiger partial charge is 0.325 e. The molecule has 1 amide bonds. The lowest BCUT2D eigenvalue weighted by atomic mass is 10.1. The standard InChI is InChI=1S/C20H24FN3O3S/c1-2-16-4-3-5-18(14-16)22-20(25)15-23-10-12-24(13-11-23)28(26,27)19-8-6-17(21)7-9-19/h3-9,14H,2,10-13,15H2,1H3,(H,22,25). The number of benzene rings is 2. The van der Waals surface area contributed by atoms with Crippen LogP contribution in [0, 0.1) is 5.82 Å². The second-order valence-corrected chi connectivity index (χ2v) is 8.67. The number of hydrogen-bond donors (Lipinski definition) is 1. The molecule has 0 bridgehead atoms. The van der Waals surface area contributed by atoms with Gasteiger partial charge in [0.05, 0.1) is 11.4 Å². The fraction of sp³-hybridized carbons (Fsp3) is 0.350. The second kappa shape index (κ2) is 8.81. The van der Waals surface area contributed by atoms with Crippen LogP contribution in [0.2, 0.25) is 0 Å². The number of hydrogen-bond acceptors (Lipinski definition) is 4. The van der Waals surface area contributed by atoms with Crippen LogP contribution in [-0.4, -0.2) is 56.3 Å². The molecule has 1 heterocycles. The number of sulfonamides is 1. The molecule has 0 unspecified atom stereocenters. The summed E-state index contributed by atoms with van der Waals surface area (Å²) in [5.41, 5.74) is 1.92. The van der Waals surface area contributed by atoms with E-state index in [0.29, 0.717) is 13.1 Å². The van der Waals surface area contributed by atoms with Crippen molar-refractivity contribution < 1.29 is 17.6 Å². The van der Waals surface area contributed by atoms with Crippen LogP contribution < -0.4 is 5.32 Å². The van der Waals surface area contributed by atoms with Gasteiger partial charge in [-0.05, 0) is 48.4 Å². The third-order valence-electron chi connectivity index (χ3n) is 4.77. The molecule has 2 aromatic carbocycles. The van der Waals surface area contributed by atoms with Crippen LogP contribution in [0.15, 0.2) is 53.4 Å². The highest BCUT2D eigenvalue weighted by Gasteiger charge is 2.29. The molecule has 0 radical (unpaired) electrons. The van der Waals surface area contributed by atoms with Crippen molar-refractivity contribution in [2.75, 3.05) is 38.0 Å². The van der Waals surface area contributed by atoms with Gasteiger partial charge in [-0.1, -0.05) is 19.1 Å². The first-order valence-electron chi connectivity index (χ1n) is 9.25. The van der Waals surface area contributed by atoms with Crippen LogP contribution in [0.25, 0.3) is 0 Å². The molecule has 150 valence electrons. The van der Waals surface area contributed by atoms with E-state index in [-0.39, 0.29) is 30.4 Å². The highest BCUT2D eigenvalue weighted by Crippen LogP contribution is 2.18. The summed E-state index contributed by atoms with van der Waals surface area (Å²) in [4.78, 5) is 14.3. The van der Waals surface area contributed by atoms with Crippen molar-refractivity contribution in [3.8, 4) is 0 Å². The lowest BCUT2D eigenvalue weighted by Crippen LogP contribution is -2.50. The summed E-state index contributed by atoms with van der Waals surface area (Å²) in [6, 6.07) is 12.5. The maximum Gasteiger partial charge on any atom is 0.243 e. The number of aryl methyl sites for hydroxylation is 1. The lowest BCUT2D eigenvalue weighted by Gasteiger charge is -2.33. The van der Waals surface area contributed by atoms with E-state index in [2.05, 4.69) is 12.2 Å². The Labute approximate surface area is 165 Å². The number of nitrogens with one attached hydrogen (secondary N) is 1. The molecular formula is C20H24FN3O3S. The van der Waals surface area contributed by atoms with E-state index in [1.54, 1.807) is 0 Å². The fourth-order valence-corrected chi connectivity index (χ4v) is 4.58. The minimum absolute atomic E-state index is 0.0795. The molecule has 1 fully saturated rings. The van der Waals surface area contributed by atoms with E-state index in [1.165, 1.54) is 16.4 Å². The number of piperazine rings is 1. The Kier molecular flexibility index (Phi) is 6.43. The molecule has 0 spiro atoms. The van der Waals surface area contributed by atoms with E-state index in [4.69, 9.17) is 0 Å². The van der Waals surface area contributed by atoms with Gasteiger partial charge in [0.25, 0.3) is 0 Å². The van der Waals surface area contributed by atoms with Gasteiger partial charge in [0.2, 0.25) is 15.9 Å². The number of halogens is 1. The molecule has 3 rings (SSSR count). The van der Waals surface area contributed by atoms with Gasteiger partial charge in [0, 0.05) is 31.9 Å². The first-order valence-corrected chi connectivity index (χ1v) is 10.7. The second-order valence-electron chi connectivity index (χ2n) is 6.74. The summed E-state index contributed by atoms with van der Waals surface area (Å²) in [6.07, 6.45) is 0.897. The molecule has 0 aromatic heterocycles. The minimum Gasteiger partial charge on any atom is -0.325 e. The van der Waals surface area contributed by atoms with Crippen molar-refractivity contribution in [3.63, 3.8) is 0 Å². The summed E-state index contributed by atoms with van der Waals surface area (Å²) in [7, 11) is -3.65. The van der Waals surface area contributed by atoms with Gasteiger partial charge in [-0.25, -0.2) is 12.8 Å². The van der Waals surface area contributed by atoms with Crippen LogP contribution in [-0.2, 0) is 21.2 Å². The van der Waals surface area contributed by atoms with E-state index in [9.17, 15) is 17.6 Å². The number of rotatable bonds is 6. The van der Waals surface area contributed by atoms with Gasteiger partial charge < -0.3 is 5.32 Å². The van der Waals surface area contributed by atoms with Crippen molar-refractivity contribution >= 4 is 21.6 Å². The topological polar surface area (TPSA) is 69.7 Å². The summed E-state index contributed by atoms with van der Waals surface area (Å²) < 4.78 is 39.7. The van der Waals surface area contributed by atoms with E-state index in [1.807, 2.05) is 29.2 Å². The summed E-state index contributed by atoms with van der Waals surface area (Å²) >= 11 is 0. The zero-order valence-electron chi connectivity index (χ0n) is 15.8. The monoisotopic (exact) mass is 405 g/mol. The summed E-state index contributed by atoms with van der Waals surface area (Å²) in [6.45, 7) is 3.77. The van der Waals surface area contributed by atoms with Gasteiger partial charge >= 0.3 is 0 Å². The Balaban J connectivity index is 1.53. The van der Waals surface area contributed by atoms with Crippen LogP contribution in [0.3, 0.4) is 0 Å². The fourth-order valence-electron chi connectivity index (χ4n) is 3.16. The smallest absolute Gasteiger partial charge is 0.243 e. The maximum atomic E-state index is 13.0. The summed E-state index contributed by atoms with van der Waals surface area (Å²) in [5.74, 6) is -0.595. The molecule has 1 aliphatic heterocycles.